The molecule has 1 amide bonds. The van der Waals surface area contributed by atoms with Crippen LogP contribution in [0, 0.1) is 11.8 Å². The molecule has 19 heavy (non-hydrogen) atoms. The molecule has 3 unspecified atom stereocenters. The van der Waals surface area contributed by atoms with Crippen LogP contribution in [0.5, 0.6) is 0 Å². The van der Waals surface area contributed by atoms with Gasteiger partial charge in [0.25, 0.3) is 5.91 Å². The van der Waals surface area contributed by atoms with Crippen LogP contribution >= 0.6 is 11.3 Å². The SMILES string of the molecule is CC1CCCC(NC(=O)c2ccc(C(=O)O)s2)C1C. The maximum atomic E-state index is 12.1. The number of rotatable bonds is 3. The largest absolute Gasteiger partial charge is 0.477 e. The minimum atomic E-state index is -0.983. The van der Waals surface area contributed by atoms with Crippen molar-refractivity contribution < 1.29 is 14.7 Å². The second-order valence-electron chi connectivity index (χ2n) is 5.32. The fourth-order valence-electron chi connectivity index (χ4n) is 2.60. The van der Waals surface area contributed by atoms with E-state index >= 15 is 0 Å². The number of carbonyl (C=O) groups is 2. The molecule has 0 spiro atoms. The van der Waals surface area contributed by atoms with Gasteiger partial charge in [0.05, 0.1) is 4.88 Å². The summed E-state index contributed by atoms with van der Waals surface area (Å²) in [5.74, 6) is -0.0410. The highest BCUT2D eigenvalue weighted by Crippen LogP contribution is 2.30. The van der Waals surface area contributed by atoms with Crippen molar-refractivity contribution in [1.29, 1.82) is 0 Å². The number of hydrogen-bond donors (Lipinski definition) is 2. The van der Waals surface area contributed by atoms with E-state index in [1.54, 1.807) is 6.07 Å². The Hall–Kier alpha value is -1.36. The van der Waals surface area contributed by atoms with Gasteiger partial charge in [0, 0.05) is 6.04 Å². The second-order valence-corrected chi connectivity index (χ2v) is 6.40. The van der Waals surface area contributed by atoms with E-state index in [1.165, 1.54) is 12.5 Å². The molecule has 2 rings (SSSR count). The van der Waals surface area contributed by atoms with Crippen molar-refractivity contribution in [2.75, 3.05) is 0 Å². The summed E-state index contributed by atoms with van der Waals surface area (Å²) < 4.78 is 0. The van der Waals surface area contributed by atoms with Gasteiger partial charge in [0.15, 0.2) is 0 Å². The van der Waals surface area contributed by atoms with Gasteiger partial charge in [-0.25, -0.2) is 4.79 Å². The van der Waals surface area contributed by atoms with E-state index in [1.807, 2.05) is 0 Å². The molecule has 104 valence electrons. The van der Waals surface area contributed by atoms with Gasteiger partial charge in [0.2, 0.25) is 0 Å². The van der Waals surface area contributed by atoms with Crippen molar-refractivity contribution in [3.05, 3.63) is 21.9 Å². The molecule has 2 N–H and O–H groups in total. The highest BCUT2D eigenvalue weighted by Gasteiger charge is 2.28. The lowest BCUT2D eigenvalue weighted by Crippen LogP contribution is -2.43. The molecule has 0 aliphatic heterocycles. The number of nitrogens with one attached hydrogen (secondary N) is 1. The first kappa shape index (κ1) is 14.1. The van der Waals surface area contributed by atoms with Crippen LogP contribution in [0.4, 0.5) is 0 Å². The number of hydrogen-bond acceptors (Lipinski definition) is 3. The number of carbonyl (C=O) groups excluding carboxylic acids is 1. The van der Waals surface area contributed by atoms with Crippen LogP contribution in [0.1, 0.15) is 52.5 Å². The molecule has 1 saturated carbocycles. The molecule has 3 atom stereocenters. The lowest BCUT2D eigenvalue weighted by molar-refractivity contribution is 0.0702. The first-order valence-electron chi connectivity index (χ1n) is 6.63. The minimum Gasteiger partial charge on any atom is -0.477 e. The third-order valence-electron chi connectivity index (χ3n) is 4.06. The first-order chi connectivity index (χ1) is 8.99. The van der Waals surface area contributed by atoms with Crippen molar-refractivity contribution in [2.24, 2.45) is 11.8 Å². The average Bonchev–Trinajstić information content (AvgIpc) is 2.84. The lowest BCUT2D eigenvalue weighted by atomic mass is 9.78. The molecule has 1 aromatic rings. The first-order valence-corrected chi connectivity index (χ1v) is 7.44. The van der Waals surface area contributed by atoms with E-state index in [4.69, 9.17) is 5.11 Å². The molecule has 5 heteroatoms. The molecule has 1 aromatic heterocycles. The van der Waals surface area contributed by atoms with E-state index in [0.29, 0.717) is 16.7 Å². The quantitative estimate of drug-likeness (QED) is 0.895. The van der Waals surface area contributed by atoms with Gasteiger partial charge in [0.1, 0.15) is 4.88 Å². The Balaban J connectivity index is 2.01. The third kappa shape index (κ3) is 3.15. The topological polar surface area (TPSA) is 66.4 Å². The summed E-state index contributed by atoms with van der Waals surface area (Å²) in [6, 6.07) is 3.27. The molecule has 0 bridgehead atoms. The minimum absolute atomic E-state index is 0.150. The van der Waals surface area contributed by atoms with Gasteiger partial charge in [-0.05, 0) is 30.4 Å². The van der Waals surface area contributed by atoms with E-state index < -0.39 is 5.97 Å². The van der Waals surface area contributed by atoms with Crippen molar-refractivity contribution in [3.8, 4) is 0 Å². The standard InChI is InChI=1S/C14H19NO3S/c1-8-4-3-5-10(9(8)2)15-13(16)11-6-7-12(19-11)14(17)18/h6-10H,3-5H2,1-2H3,(H,15,16)(H,17,18). The van der Waals surface area contributed by atoms with E-state index in [9.17, 15) is 9.59 Å². The smallest absolute Gasteiger partial charge is 0.345 e. The van der Waals surface area contributed by atoms with Crippen LogP contribution in [-0.4, -0.2) is 23.0 Å². The molecule has 0 aromatic carbocycles. The zero-order chi connectivity index (χ0) is 14.0. The number of aromatic carboxylic acids is 1. The van der Waals surface area contributed by atoms with Gasteiger partial charge in [-0.2, -0.15) is 0 Å². The Morgan fingerprint density at radius 1 is 1.26 bits per heavy atom. The van der Waals surface area contributed by atoms with Crippen LogP contribution in [0.25, 0.3) is 0 Å². The normalized spacial score (nSPS) is 26.9. The zero-order valence-electron chi connectivity index (χ0n) is 11.2. The number of carboxylic acids is 1. The Labute approximate surface area is 116 Å². The molecule has 1 aliphatic rings. The fourth-order valence-corrected chi connectivity index (χ4v) is 3.35. The van der Waals surface area contributed by atoms with Gasteiger partial charge in [-0.1, -0.05) is 26.7 Å². The Morgan fingerprint density at radius 3 is 2.58 bits per heavy atom. The van der Waals surface area contributed by atoms with Crippen molar-refractivity contribution in [1.82, 2.24) is 5.32 Å². The average molecular weight is 281 g/mol. The highest BCUT2D eigenvalue weighted by molar-refractivity contribution is 7.15. The summed E-state index contributed by atoms with van der Waals surface area (Å²) in [7, 11) is 0. The summed E-state index contributed by atoms with van der Waals surface area (Å²) in [6.45, 7) is 4.39. The van der Waals surface area contributed by atoms with Crippen LogP contribution in [0.3, 0.4) is 0 Å². The van der Waals surface area contributed by atoms with Crippen molar-refractivity contribution in [3.63, 3.8) is 0 Å². The Bertz CT molecular complexity index is 483. The van der Waals surface area contributed by atoms with Gasteiger partial charge < -0.3 is 10.4 Å². The van der Waals surface area contributed by atoms with Crippen LogP contribution in [0.15, 0.2) is 12.1 Å². The summed E-state index contributed by atoms with van der Waals surface area (Å²) in [6.07, 6.45) is 3.37. The molecule has 1 heterocycles. The fraction of sp³-hybridized carbons (Fsp3) is 0.571. The van der Waals surface area contributed by atoms with Crippen LogP contribution in [0.2, 0.25) is 0 Å². The van der Waals surface area contributed by atoms with E-state index in [-0.39, 0.29) is 16.8 Å². The molecule has 1 fully saturated rings. The van der Waals surface area contributed by atoms with Gasteiger partial charge in [-0.15, -0.1) is 11.3 Å². The third-order valence-corrected chi connectivity index (χ3v) is 5.14. The number of amides is 1. The molecule has 1 aliphatic carbocycles. The monoisotopic (exact) mass is 281 g/mol. The summed E-state index contributed by atoms with van der Waals surface area (Å²) in [5.41, 5.74) is 0. The summed E-state index contributed by atoms with van der Waals surface area (Å²) in [5, 5.41) is 11.9. The predicted octanol–water partition coefficient (Wildman–Crippen LogP) is 3.00. The van der Waals surface area contributed by atoms with Crippen molar-refractivity contribution in [2.45, 2.75) is 39.2 Å². The molecule has 0 radical (unpaired) electrons. The Kier molecular flexibility index (Phi) is 4.24. The summed E-state index contributed by atoms with van der Waals surface area (Å²) in [4.78, 5) is 23.6. The predicted molar refractivity (Wildman–Crippen MR) is 74.7 cm³/mol. The molecule has 0 saturated heterocycles. The molecule has 4 nitrogen and oxygen atoms in total. The summed E-state index contributed by atoms with van der Waals surface area (Å²) >= 11 is 1.03. The Morgan fingerprint density at radius 2 is 1.95 bits per heavy atom. The van der Waals surface area contributed by atoms with E-state index in [0.717, 1.165) is 24.2 Å². The maximum absolute atomic E-state index is 12.1. The van der Waals surface area contributed by atoms with Gasteiger partial charge >= 0.3 is 5.97 Å². The highest BCUT2D eigenvalue weighted by atomic mass is 32.1. The van der Waals surface area contributed by atoms with Crippen LogP contribution in [-0.2, 0) is 0 Å². The van der Waals surface area contributed by atoms with Crippen LogP contribution < -0.4 is 5.32 Å². The molecular weight excluding hydrogens is 262 g/mol. The van der Waals surface area contributed by atoms with Crippen molar-refractivity contribution >= 4 is 23.2 Å². The lowest BCUT2D eigenvalue weighted by Gasteiger charge is -2.34. The number of thiophene rings is 1. The maximum Gasteiger partial charge on any atom is 0.345 e. The second kappa shape index (κ2) is 5.74. The van der Waals surface area contributed by atoms with E-state index in [2.05, 4.69) is 19.2 Å². The molecular formula is C14H19NO3S. The number of carboxylic acid groups (broad SMARTS) is 1. The van der Waals surface area contributed by atoms with Gasteiger partial charge in [-0.3, -0.25) is 4.79 Å². The zero-order valence-corrected chi connectivity index (χ0v) is 12.0.